The molecule has 0 aliphatic rings. The number of thiazole rings is 1. The van der Waals surface area contributed by atoms with Crippen LogP contribution >= 0.6 is 11.3 Å². The van der Waals surface area contributed by atoms with Crippen LogP contribution in [0.25, 0.3) is 10.2 Å². The highest BCUT2D eigenvalue weighted by atomic mass is 32.1. The maximum atomic E-state index is 5.24. The van der Waals surface area contributed by atoms with Crippen molar-refractivity contribution in [2.24, 2.45) is 0 Å². The van der Waals surface area contributed by atoms with Gasteiger partial charge in [0.05, 0.1) is 23.9 Å². The highest BCUT2D eigenvalue weighted by molar-refractivity contribution is 7.18. The van der Waals surface area contributed by atoms with Gasteiger partial charge in [0.15, 0.2) is 0 Å². The van der Waals surface area contributed by atoms with Crippen molar-refractivity contribution < 1.29 is 4.74 Å². The largest absolute Gasteiger partial charge is 0.497 e. The average molecular weight is 284 g/mol. The molecule has 2 aromatic carbocycles. The van der Waals surface area contributed by atoms with Gasteiger partial charge in [-0.3, -0.25) is 0 Å². The molecular formula is C16H16N2OS. The van der Waals surface area contributed by atoms with E-state index in [9.17, 15) is 0 Å². The van der Waals surface area contributed by atoms with Crippen molar-refractivity contribution in [1.82, 2.24) is 4.98 Å². The molecule has 3 aromatic rings. The van der Waals surface area contributed by atoms with Gasteiger partial charge in [-0.05, 0) is 37.3 Å². The summed E-state index contributed by atoms with van der Waals surface area (Å²) < 4.78 is 6.39. The predicted octanol–water partition coefficient (Wildman–Crippen LogP) is 4.23. The molecule has 20 heavy (non-hydrogen) atoms. The standard InChI is InChI=1S/C16H16N2OS/c1-11-3-5-12(6-4-11)17-10-16-18-14-8-7-13(19-2)9-15(14)20-16/h3-9,17H,10H2,1-2H3. The smallest absolute Gasteiger partial charge is 0.120 e. The molecule has 0 aliphatic carbocycles. The fourth-order valence-corrected chi connectivity index (χ4v) is 2.94. The minimum Gasteiger partial charge on any atom is -0.497 e. The van der Waals surface area contributed by atoms with E-state index in [-0.39, 0.29) is 0 Å². The van der Waals surface area contributed by atoms with E-state index >= 15 is 0 Å². The highest BCUT2D eigenvalue weighted by Gasteiger charge is 2.05. The Labute approximate surface area is 122 Å². The number of aromatic nitrogens is 1. The Balaban J connectivity index is 1.75. The van der Waals surface area contributed by atoms with Crippen LogP contribution in [0.1, 0.15) is 10.6 Å². The number of rotatable bonds is 4. The van der Waals surface area contributed by atoms with Gasteiger partial charge >= 0.3 is 0 Å². The summed E-state index contributed by atoms with van der Waals surface area (Å²) in [5, 5.41) is 4.47. The topological polar surface area (TPSA) is 34.1 Å². The number of fused-ring (bicyclic) bond motifs is 1. The van der Waals surface area contributed by atoms with Gasteiger partial charge in [-0.1, -0.05) is 17.7 Å². The van der Waals surface area contributed by atoms with E-state index < -0.39 is 0 Å². The summed E-state index contributed by atoms with van der Waals surface area (Å²) in [5.41, 5.74) is 3.41. The van der Waals surface area contributed by atoms with Gasteiger partial charge in [-0.2, -0.15) is 0 Å². The molecule has 4 heteroatoms. The molecule has 0 aliphatic heterocycles. The first-order chi connectivity index (χ1) is 9.74. The van der Waals surface area contributed by atoms with E-state index in [1.54, 1.807) is 18.4 Å². The monoisotopic (exact) mass is 284 g/mol. The van der Waals surface area contributed by atoms with E-state index in [0.29, 0.717) is 0 Å². The number of methoxy groups -OCH3 is 1. The van der Waals surface area contributed by atoms with Crippen LogP contribution in [0.2, 0.25) is 0 Å². The van der Waals surface area contributed by atoms with Gasteiger partial charge < -0.3 is 10.1 Å². The summed E-state index contributed by atoms with van der Waals surface area (Å²) in [6, 6.07) is 14.4. The number of nitrogens with zero attached hydrogens (tertiary/aromatic N) is 1. The van der Waals surface area contributed by atoms with Crippen molar-refractivity contribution in [1.29, 1.82) is 0 Å². The lowest BCUT2D eigenvalue weighted by atomic mass is 10.2. The molecular weight excluding hydrogens is 268 g/mol. The number of benzene rings is 2. The number of aryl methyl sites for hydroxylation is 1. The van der Waals surface area contributed by atoms with Crippen molar-refractivity contribution in [3.8, 4) is 5.75 Å². The molecule has 1 N–H and O–H groups in total. The van der Waals surface area contributed by atoms with Crippen molar-refractivity contribution >= 4 is 27.2 Å². The molecule has 0 spiro atoms. The third-order valence-corrected chi connectivity index (χ3v) is 4.15. The first kappa shape index (κ1) is 12.9. The van der Waals surface area contributed by atoms with Crippen molar-refractivity contribution in [3.05, 3.63) is 53.0 Å². The average Bonchev–Trinajstić information content (AvgIpc) is 2.88. The number of ether oxygens (including phenoxy) is 1. The van der Waals surface area contributed by atoms with Crippen LogP contribution in [-0.4, -0.2) is 12.1 Å². The van der Waals surface area contributed by atoms with E-state index in [1.165, 1.54) is 5.56 Å². The molecule has 1 aromatic heterocycles. The summed E-state index contributed by atoms with van der Waals surface area (Å²) in [7, 11) is 1.68. The summed E-state index contributed by atoms with van der Waals surface area (Å²) in [4.78, 5) is 4.62. The lowest BCUT2D eigenvalue weighted by Gasteiger charge is -2.03. The minimum atomic E-state index is 0.741. The van der Waals surface area contributed by atoms with E-state index in [1.807, 2.05) is 18.2 Å². The molecule has 0 saturated heterocycles. The summed E-state index contributed by atoms with van der Waals surface area (Å²) in [6.45, 7) is 2.83. The summed E-state index contributed by atoms with van der Waals surface area (Å²) in [6.07, 6.45) is 0. The number of hydrogen-bond donors (Lipinski definition) is 1. The van der Waals surface area contributed by atoms with Crippen LogP contribution in [0.5, 0.6) is 5.75 Å². The number of anilines is 1. The Morgan fingerprint density at radius 3 is 2.70 bits per heavy atom. The van der Waals surface area contributed by atoms with Gasteiger partial charge in [0.1, 0.15) is 10.8 Å². The van der Waals surface area contributed by atoms with E-state index in [2.05, 4.69) is 41.5 Å². The second-order valence-electron chi connectivity index (χ2n) is 4.66. The molecule has 1 heterocycles. The zero-order valence-corrected chi connectivity index (χ0v) is 12.3. The normalized spacial score (nSPS) is 10.7. The summed E-state index contributed by atoms with van der Waals surface area (Å²) >= 11 is 1.70. The van der Waals surface area contributed by atoms with Crippen molar-refractivity contribution in [3.63, 3.8) is 0 Å². The van der Waals surface area contributed by atoms with Crippen LogP contribution in [0.15, 0.2) is 42.5 Å². The molecule has 0 unspecified atom stereocenters. The lowest BCUT2D eigenvalue weighted by molar-refractivity contribution is 0.415. The van der Waals surface area contributed by atoms with Gasteiger partial charge in [0.2, 0.25) is 0 Å². The van der Waals surface area contributed by atoms with Crippen molar-refractivity contribution in [2.75, 3.05) is 12.4 Å². The first-order valence-electron chi connectivity index (χ1n) is 6.48. The molecule has 3 rings (SSSR count). The van der Waals surface area contributed by atoms with Gasteiger partial charge in [-0.15, -0.1) is 11.3 Å². The van der Waals surface area contributed by atoms with Crippen LogP contribution in [0.4, 0.5) is 5.69 Å². The zero-order valence-electron chi connectivity index (χ0n) is 11.5. The SMILES string of the molecule is COc1ccc2nc(CNc3ccc(C)cc3)sc2c1. The first-order valence-corrected chi connectivity index (χ1v) is 7.30. The maximum Gasteiger partial charge on any atom is 0.120 e. The van der Waals surface area contributed by atoms with E-state index in [4.69, 9.17) is 4.74 Å². The quantitative estimate of drug-likeness (QED) is 0.778. The number of hydrogen-bond acceptors (Lipinski definition) is 4. The molecule has 102 valence electrons. The fourth-order valence-electron chi connectivity index (χ4n) is 2.00. The van der Waals surface area contributed by atoms with Crippen LogP contribution in [0, 0.1) is 6.92 Å². The van der Waals surface area contributed by atoms with E-state index in [0.717, 1.165) is 33.2 Å². The number of nitrogens with one attached hydrogen (secondary N) is 1. The second kappa shape index (κ2) is 5.51. The molecule has 0 fully saturated rings. The Hall–Kier alpha value is -2.07. The molecule has 0 amide bonds. The maximum absolute atomic E-state index is 5.24. The predicted molar refractivity (Wildman–Crippen MR) is 84.7 cm³/mol. The van der Waals surface area contributed by atoms with Crippen molar-refractivity contribution in [2.45, 2.75) is 13.5 Å². The third-order valence-electron chi connectivity index (χ3n) is 3.14. The molecule has 0 bridgehead atoms. The Kier molecular flexibility index (Phi) is 3.56. The minimum absolute atomic E-state index is 0.741. The molecule has 0 radical (unpaired) electrons. The fraction of sp³-hybridized carbons (Fsp3) is 0.188. The highest BCUT2D eigenvalue weighted by Crippen LogP contribution is 2.26. The summed E-state index contributed by atoms with van der Waals surface area (Å²) in [5.74, 6) is 0.874. The molecule has 0 atom stereocenters. The van der Waals surface area contributed by atoms with Crippen LogP contribution in [0.3, 0.4) is 0 Å². The second-order valence-corrected chi connectivity index (χ2v) is 5.78. The Bertz CT molecular complexity index is 719. The van der Waals surface area contributed by atoms with Crippen LogP contribution < -0.4 is 10.1 Å². The molecule has 0 saturated carbocycles. The van der Waals surface area contributed by atoms with Gasteiger partial charge in [-0.25, -0.2) is 4.98 Å². The van der Waals surface area contributed by atoms with Crippen LogP contribution in [-0.2, 0) is 6.54 Å². The Morgan fingerprint density at radius 2 is 1.95 bits per heavy atom. The zero-order chi connectivity index (χ0) is 13.9. The lowest BCUT2D eigenvalue weighted by Crippen LogP contribution is -1.98. The molecule has 3 nitrogen and oxygen atoms in total. The van der Waals surface area contributed by atoms with Gasteiger partial charge in [0, 0.05) is 5.69 Å². The van der Waals surface area contributed by atoms with Gasteiger partial charge in [0.25, 0.3) is 0 Å². The Morgan fingerprint density at radius 1 is 1.15 bits per heavy atom. The third kappa shape index (κ3) is 2.75.